The van der Waals surface area contributed by atoms with Gasteiger partial charge in [-0.25, -0.2) is 0 Å². The van der Waals surface area contributed by atoms with Crippen LogP contribution < -0.4 is 10.2 Å². The van der Waals surface area contributed by atoms with Gasteiger partial charge in [-0.3, -0.25) is 9.69 Å². The summed E-state index contributed by atoms with van der Waals surface area (Å²) in [6.07, 6.45) is 1.76. The lowest BCUT2D eigenvalue weighted by molar-refractivity contribution is -0.137. The lowest BCUT2D eigenvalue weighted by atomic mass is 9.84. The summed E-state index contributed by atoms with van der Waals surface area (Å²) in [6.45, 7) is 4.23. The van der Waals surface area contributed by atoms with Gasteiger partial charge in [-0.05, 0) is 69.2 Å². The lowest BCUT2D eigenvalue weighted by Gasteiger charge is -2.37. The van der Waals surface area contributed by atoms with E-state index in [1.54, 1.807) is 6.07 Å². The molecule has 2 atom stereocenters. The number of hydrogen-bond donors (Lipinski definition) is 1. The molecule has 4 rings (SSSR count). The molecule has 0 bridgehead atoms. The van der Waals surface area contributed by atoms with Crippen molar-refractivity contribution in [1.29, 1.82) is 5.26 Å². The number of anilines is 1. The number of carbonyl (C=O) groups excluding carboxylic acids is 1. The molecule has 0 radical (unpaired) electrons. The van der Waals surface area contributed by atoms with Gasteiger partial charge < -0.3 is 10.2 Å². The number of hydrogen-bond acceptors (Lipinski definition) is 4. The SMILES string of the molecule is Cl.Cl.N#CC1CC1C(=O)NC1CCC(CCN2CCN(c3cccc(C(F)(F)F)c3)CC2)CC1. The predicted molar refractivity (Wildman–Crippen MR) is 130 cm³/mol. The third kappa shape index (κ3) is 7.40. The highest BCUT2D eigenvalue weighted by molar-refractivity contribution is 5.85. The average Bonchev–Trinajstić information content (AvgIpc) is 3.59. The van der Waals surface area contributed by atoms with Crippen LogP contribution in [-0.4, -0.2) is 49.6 Å². The second-order valence-corrected chi connectivity index (χ2v) is 9.47. The van der Waals surface area contributed by atoms with E-state index in [1.165, 1.54) is 12.1 Å². The van der Waals surface area contributed by atoms with Gasteiger partial charge in [-0.15, -0.1) is 24.8 Å². The molecule has 1 aromatic carbocycles. The van der Waals surface area contributed by atoms with Crippen LogP contribution >= 0.6 is 24.8 Å². The predicted octanol–water partition coefficient (Wildman–Crippen LogP) is 4.90. The summed E-state index contributed by atoms with van der Waals surface area (Å²) in [5.74, 6) is 0.545. The van der Waals surface area contributed by atoms with E-state index in [-0.39, 0.29) is 48.6 Å². The number of piperazine rings is 1. The van der Waals surface area contributed by atoms with Crippen LogP contribution in [0.3, 0.4) is 0 Å². The first-order chi connectivity index (χ1) is 15.3. The van der Waals surface area contributed by atoms with Gasteiger partial charge in [0, 0.05) is 37.9 Å². The molecule has 1 aliphatic heterocycles. The molecule has 3 aliphatic rings. The zero-order chi connectivity index (χ0) is 22.7. The average molecular weight is 521 g/mol. The Morgan fingerprint density at radius 2 is 1.76 bits per heavy atom. The highest BCUT2D eigenvalue weighted by atomic mass is 35.5. The maximum Gasteiger partial charge on any atom is 0.416 e. The highest BCUT2D eigenvalue weighted by Crippen LogP contribution is 2.38. The van der Waals surface area contributed by atoms with Gasteiger partial charge in [0.25, 0.3) is 0 Å². The van der Waals surface area contributed by atoms with E-state index in [1.807, 2.05) is 4.90 Å². The molecule has 0 aromatic heterocycles. The van der Waals surface area contributed by atoms with Gasteiger partial charge in [-0.2, -0.15) is 18.4 Å². The third-order valence-electron chi connectivity index (χ3n) is 7.25. The van der Waals surface area contributed by atoms with Crippen molar-refractivity contribution >= 4 is 36.4 Å². The molecular weight excluding hydrogens is 488 g/mol. The Morgan fingerprint density at radius 3 is 2.35 bits per heavy atom. The fourth-order valence-corrected chi connectivity index (χ4v) is 5.00. The van der Waals surface area contributed by atoms with Crippen LogP contribution in [0.5, 0.6) is 0 Å². The Morgan fingerprint density at radius 1 is 1.09 bits per heavy atom. The van der Waals surface area contributed by atoms with Crippen LogP contribution in [0, 0.1) is 29.1 Å². The van der Waals surface area contributed by atoms with Crippen molar-refractivity contribution in [1.82, 2.24) is 10.2 Å². The molecule has 1 amide bonds. The van der Waals surface area contributed by atoms with Crippen LogP contribution in [0.25, 0.3) is 0 Å². The number of nitrogens with one attached hydrogen (secondary N) is 1. The molecule has 1 saturated heterocycles. The number of alkyl halides is 3. The summed E-state index contributed by atoms with van der Waals surface area (Å²) < 4.78 is 38.9. The summed E-state index contributed by atoms with van der Waals surface area (Å²) in [5.41, 5.74) is 0.0540. The smallest absolute Gasteiger partial charge is 0.369 e. The van der Waals surface area contributed by atoms with Crippen molar-refractivity contribution in [3.63, 3.8) is 0 Å². The van der Waals surface area contributed by atoms with E-state index >= 15 is 0 Å². The maximum absolute atomic E-state index is 13.0. The van der Waals surface area contributed by atoms with Crippen molar-refractivity contribution in [3.05, 3.63) is 29.8 Å². The van der Waals surface area contributed by atoms with E-state index < -0.39 is 11.7 Å². The van der Waals surface area contributed by atoms with Crippen molar-refractivity contribution in [2.75, 3.05) is 37.6 Å². The quantitative estimate of drug-likeness (QED) is 0.579. The van der Waals surface area contributed by atoms with Crippen molar-refractivity contribution in [2.24, 2.45) is 17.8 Å². The fraction of sp³-hybridized carbons (Fsp3) is 0.667. The van der Waals surface area contributed by atoms with E-state index in [0.29, 0.717) is 18.0 Å². The molecule has 2 saturated carbocycles. The van der Waals surface area contributed by atoms with E-state index in [2.05, 4.69) is 16.3 Å². The fourth-order valence-electron chi connectivity index (χ4n) is 5.00. The van der Waals surface area contributed by atoms with E-state index in [9.17, 15) is 18.0 Å². The number of nitriles is 1. The second-order valence-electron chi connectivity index (χ2n) is 9.47. The van der Waals surface area contributed by atoms with E-state index in [4.69, 9.17) is 5.26 Å². The molecule has 1 heterocycles. The van der Waals surface area contributed by atoms with Crippen LogP contribution in [0.2, 0.25) is 0 Å². The zero-order valence-electron chi connectivity index (χ0n) is 19.1. The van der Waals surface area contributed by atoms with Gasteiger partial charge in [0.2, 0.25) is 5.91 Å². The first-order valence-corrected chi connectivity index (χ1v) is 11.7. The van der Waals surface area contributed by atoms with Crippen LogP contribution in [-0.2, 0) is 11.0 Å². The Hall–Kier alpha value is -1.69. The van der Waals surface area contributed by atoms with E-state index in [0.717, 1.165) is 70.9 Å². The van der Waals surface area contributed by atoms with Crippen LogP contribution in [0.4, 0.5) is 18.9 Å². The number of halogens is 5. The topological polar surface area (TPSA) is 59.4 Å². The third-order valence-corrected chi connectivity index (χ3v) is 7.25. The first kappa shape index (κ1) is 28.5. The summed E-state index contributed by atoms with van der Waals surface area (Å²) in [6, 6.07) is 8.02. The minimum absolute atomic E-state index is 0. The van der Waals surface area contributed by atoms with Gasteiger partial charge >= 0.3 is 6.18 Å². The molecule has 190 valence electrons. The number of benzene rings is 1. The molecule has 2 aliphatic carbocycles. The molecule has 1 aromatic rings. The highest BCUT2D eigenvalue weighted by Gasteiger charge is 2.44. The Kier molecular flexibility index (Phi) is 10.3. The number of amides is 1. The second kappa shape index (κ2) is 12.3. The monoisotopic (exact) mass is 520 g/mol. The summed E-state index contributed by atoms with van der Waals surface area (Å²) in [7, 11) is 0. The molecule has 34 heavy (non-hydrogen) atoms. The minimum Gasteiger partial charge on any atom is -0.369 e. The lowest BCUT2D eigenvalue weighted by Crippen LogP contribution is -2.47. The molecular formula is C24H33Cl2F3N4O. The minimum atomic E-state index is -4.31. The molecule has 0 spiro atoms. The molecule has 3 fully saturated rings. The Balaban J connectivity index is 0.00000204. The van der Waals surface area contributed by atoms with Gasteiger partial charge in [0.05, 0.1) is 23.5 Å². The van der Waals surface area contributed by atoms with Crippen LogP contribution in [0.15, 0.2) is 24.3 Å². The molecule has 1 N–H and O–H groups in total. The largest absolute Gasteiger partial charge is 0.416 e. The summed E-state index contributed by atoms with van der Waals surface area (Å²) >= 11 is 0. The Labute approximate surface area is 211 Å². The number of carbonyl (C=O) groups is 1. The van der Waals surface area contributed by atoms with Crippen molar-refractivity contribution in [2.45, 2.75) is 50.7 Å². The zero-order valence-corrected chi connectivity index (χ0v) is 20.7. The molecule has 10 heteroatoms. The summed E-state index contributed by atoms with van der Waals surface area (Å²) in [5, 5.41) is 12.0. The molecule has 2 unspecified atom stereocenters. The van der Waals surface area contributed by atoms with Crippen molar-refractivity contribution < 1.29 is 18.0 Å². The maximum atomic E-state index is 13.0. The van der Waals surface area contributed by atoms with Gasteiger partial charge in [0.15, 0.2) is 0 Å². The van der Waals surface area contributed by atoms with Gasteiger partial charge in [-0.1, -0.05) is 6.07 Å². The number of nitrogens with zero attached hydrogens (tertiary/aromatic N) is 3. The van der Waals surface area contributed by atoms with Crippen LogP contribution in [0.1, 0.15) is 44.1 Å². The number of rotatable bonds is 6. The van der Waals surface area contributed by atoms with Gasteiger partial charge in [0.1, 0.15) is 0 Å². The summed E-state index contributed by atoms with van der Waals surface area (Å²) in [4.78, 5) is 16.6. The molecule has 5 nitrogen and oxygen atoms in total. The van der Waals surface area contributed by atoms with Crippen molar-refractivity contribution in [3.8, 4) is 6.07 Å². The standard InChI is InChI=1S/C24H31F3N4O.2ClH/c25-24(26,27)19-2-1-3-21(15-19)31-12-10-30(11-13-31)9-8-17-4-6-20(7-5-17)29-23(32)22-14-18(22)16-28;;/h1-3,15,17-18,20,22H,4-14H2,(H,29,32);2*1H. The normalized spacial score (nSPS) is 27.1. The first-order valence-electron chi connectivity index (χ1n) is 11.7. The Bertz CT molecular complexity index is 847.